The molecule has 0 spiro atoms. The number of hydrogen-bond acceptors (Lipinski definition) is 6. The number of esters is 1. The van der Waals surface area contributed by atoms with Crippen LogP contribution < -0.4 is 20.1 Å². The van der Waals surface area contributed by atoms with Crippen molar-refractivity contribution in [3.05, 3.63) is 77.3 Å². The number of halogens is 1. The maximum Gasteiger partial charge on any atom is 0.306 e. The number of nitrogens with one attached hydrogen (secondary N) is 2. The van der Waals surface area contributed by atoms with Gasteiger partial charge in [-0.15, -0.1) is 0 Å². The molecule has 0 atom stereocenters. The minimum atomic E-state index is -0.655. The van der Waals surface area contributed by atoms with Crippen molar-refractivity contribution in [1.82, 2.24) is 0 Å². The lowest BCUT2D eigenvalue weighted by molar-refractivity contribution is -0.147. The van der Waals surface area contributed by atoms with Gasteiger partial charge in [-0.2, -0.15) is 0 Å². The Bertz CT molecular complexity index is 1200. The van der Waals surface area contributed by atoms with Crippen LogP contribution >= 0.6 is 11.6 Å². The molecule has 0 unspecified atom stereocenters. The Morgan fingerprint density at radius 2 is 1.49 bits per heavy atom. The second-order valence-corrected chi connectivity index (χ2v) is 7.91. The predicted molar refractivity (Wildman–Crippen MR) is 133 cm³/mol. The standard InChI is InChI=1S/C26H25ClN2O6/c1-17-7-8-19(15-21(17)27)29-25(31)16-34-26(32)14-13-24(30)28-18-9-11-20(12-10-18)35-23-6-4-3-5-22(23)33-2/h3-12,15H,13-14,16H2,1-2H3,(H,28,30)(H,29,31). The van der Waals surface area contributed by atoms with Gasteiger partial charge in [-0.05, 0) is 61.0 Å². The Morgan fingerprint density at radius 1 is 0.829 bits per heavy atom. The van der Waals surface area contributed by atoms with Gasteiger partial charge in [-0.25, -0.2) is 0 Å². The minimum absolute atomic E-state index is 0.0898. The lowest BCUT2D eigenvalue weighted by Crippen LogP contribution is -2.21. The van der Waals surface area contributed by atoms with Gasteiger partial charge < -0.3 is 24.8 Å². The summed E-state index contributed by atoms with van der Waals surface area (Å²) in [6.45, 7) is 1.39. The van der Waals surface area contributed by atoms with E-state index in [1.54, 1.807) is 61.7 Å². The van der Waals surface area contributed by atoms with Crippen LogP contribution in [0.4, 0.5) is 11.4 Å². The molecule has 0 aliphatic heterocycles. The van der Waals surface area contributed by atoms with E-state index in [9.17, 15) is 14.4 Å². The van der Waals surface area contributed by atoms with E-state index in [-0.39, 0.29) is 18.7 Å². The summed E-state index contributed by atoms with van der Waals surface area (Å²) in [7, 11) is 1.56. The molecule has 0 fully saturated rings. The third-order valence-corrected chi connectivity index (χ3v) is 5.22. The fourth-order valence-corrected chi connectivity index (χ4v) is 3.14. The SMILES string of the molecule is COc1ccccc1Oc1ccc(NC(=O)CCC(=O)OCC(=O)Nc2ccc(C)c(Cl)c2)cc1. The van der Waals surface area contributed by atoms with E-state index in [1.807, 2.05) is 19.1 Å². The van der Waals surface area contributed by atoms with Crippen LogP contribution in [0, 0.1) is 6.92 Å². The zero-order valence-electron chi connectivity index (χ0n) is 19.3. The van der Waals surface area contributed by atoms with Crippen molar-refractivity contribution in [3.63, 3.8) is 0 Å². The number of benzene rings is 3. The molecule has 8 nitrogen and oxygen atoms in total. The number of rotatable bonds is 10. The monoisotopic (exact) mass is 496 g/mol. The van der Waals surface area contributed by atoms with Crippen LogP contribution in [0.15, 0.2) is 66.7 Å². The Kier molecular flexibility index (Phi) is 9.09. The first-order valence-corrected chi connectivity index (χ1v) is 11.1. The fourth-order valence-electron chi connectivity index (χ4n) is 2.96. The summed E-state index contributed by atoms with van der Waals surface area (Å²) in [5, 5.41) is 5.81. The predicted octanol–water partition coefficient (Wildman–Crippen LogP) is 5.35. The van der Waals surface area contributed by atoms with Gasteiger partial charge in [0.25, 0.3) is 5.91 Å². The minimum Gasteiger partial charge on any atom is -0.493 e. The number of ether oxygens (including phenoxy) is 3. The molecule has 0 aliphatic rings. The van der Waals surface area contributed by atoms with Crippen LogP contribution in [0.2, 0.25) is 5.02 Å². The van der Waals surface area contributed by atoms with E-state index < -0.39 is 18.5 Å². The summed E-state index contributed by atoms with van der Waals surface area (Å²) < 4.78 is 16.0. The summed E-state index contributed by atoms with van der Waals surface area (Å²) in [5.74, 6) is 0.229. The van der Waals surface area contributed by atoms with E-state index in [0.29, 0.717) is 33.6 Å². The van der Waals surface area contributed by atoms with Crippen molar-refractivity contribution in [3.8, 4) is 17.2 Å². The molecule has 3 aromatic rings. The maximum atomic E-state index is 12.2. The molecular formula is C26H25ClN2O6. The van der Waals surface area contributed by atoms with Crippen molar-refractivity contribution < 1.29 is 28.6 Å². The lowest BCUT2D eigenvalue weighted by Gasteiger charge is -2.11. The highest BCUT2D eigenvalue weighted by Crippen LogP contribution is 2.31. The van der Waals surface area contributed by atoms with Gasteiger partial charge in [-0.3, -0.25) is 14.4 Å². The number of anilines is 2. The van der Waals surface area contributed by atoms with Gasteiger partial charge in [-0.1, -0.05) is 29.8 Å². The third kappa shape index (κ3) is 8.04. The first kappa shape index (κ1) is 25.6. The molecule has 182 valence electrons. The number of aryl methyl sites for hydroxylation is 1. The van der Waals surface area contributed by atoms with Crippen LogP contribution in [0.25, 0.3) is 0 Å². The summed E-state index contributed by atoms with van der Waals surface area (Å²) >= 11 is 6.02. The van der Waals surface area contributed by atoms with Gasteiger partial charge in [0.2, 0.25) is 5.91 Å². The van der Waals surface area contributed by atoms with Crippen molar-refractivity contribution in [2.24, 2.45) is 0 Å². The number of para-hydroxylation sites is 2. The van der Waals surface area contributed by atoms with Gasteiger partial charge in [0.05, 0.1) is 13.5 Å². The highest BCUT2D eigenvalue weighted by molar-refractivity contribution is 6.31. The summed E-state index contributed by atoms with van der Waals surface area (Å²) in [5.41, 5.74) is 1.93. The van der Waals surface area contributed by atoms with E-state index in [2.05, 4.69) is 10.6 Å². The number of amides is 2. The zero-order chi connectivity index (χ0) is 25.2. The molecule has 2 amide bonds. The van der Waals surface area contributed by atoms with Crippen molar-refractivity contribution in [2.45, 2.75) is 19.8 Å². The molecule has 0 aromatic heterocycles. The normalized spacial score (nSPS) is 10.3. The first-order valence-electron chi connectivity index (χ1n) is 10.8. The molecule has 2 N–H and O–H groups in total. The lowest BCUT2D eigenvalue weighted by atomic mass is 10.2. The highest BCUT2D eigenvalue weighted by Gasteiger charge is 2.12. The number of carbonyl (C=O) groups is 3. The second kappa shape index (κ2) is 12.4. The molecule has 0 aliphatic carbocycles. The largest absolute Gasteiger partial charge is 0.493 e. The van der Waals surface area contributed by atoms with Crippen molar-refractivity contribution in [2.75, 3.05) is 24.4 Å². The van der Waals surface area contributed by atoms with Crippen molar-refractivity contribution >= 4 is 40.8 Å². The van der Waals surface area contributed by atoms with Crippen LogP contribution in [0.3, 0.4) is 0 Å². The van der Waals surface area contributed by atoms with Gasteiger partial charge in [0, 0.05) is 22.8 Å². The number of methoxy groups -OCH3 is 1. The molecule has 0 bridgehead atoms. The molecule has 35 heavy (non-hydrogen) atoms. The Labute approximate surface area is 208 Å². The van der Waals surface area contributed by atoms with Gasteiger partial charge >= 0.3 is 5.97 Å². The topological polar surface area (TPSA) is 103 Å². The molecule has 0 saturated heterocycles. The Balaban J connectivity index is 1.38. The van der Waals surface area contributed by atoms with Crippen LogP contribution in [0.5, 0.6) is 17.2 Å². The Morgan fingerprint density at radius 3 is 2.17 bits per heavy atom. The quantitative estimate of drug-likeness (QED) is 0.367. The summed E-state index contributed by atoms with van der Waals surface area (Å²) in [6.07, 6.45) is -0.252. The zero-order valence-corrected chi connectivity index (χ0v) is 20.1. The van der Waals surface area contributed by atoms with Crippen LogP contribution in [-0.4, -0.2) is 31.5 Å². The maximum absolute atomic E-state index is 12.2. The Hall–Kier alpha value is -4.04. The van der Waals surface area contributed by atoms with E-state index >= 15 is 0 Å². The average molecular weight is 497 g/mol. The summed E-state index contributed by atoms with van der Waals surface area (Å²) in [4.78, 5) is 36.0. The van der Waals surface area contributed by atoms with E-state index in [4.69, 9.17) is 25.8 Å². The highest BCUT2D eigenvalue weighted by atomic mass is 35.5. The molecule has 3 aromatic carbocycles. The number of hydrogen-bond donors (Lipinski definition) is 2. The molecular weight excluding hydrogens is 472 g/mol. The van der Waals surface area contributed by atoms with Gasteiger partial charge in [0.15, 0.2) is 18.1 Å². The van der Waals surface area contributed by atoms with Gasteiger partial charge in [0.1, 0.15) is 5.75 Å². The summed E-state index contributed by atoms with van der Waals surface area (Å²) in [6, 6.07) is 19.1. The van der Waals surface area contributed by atoms with E-state index in [1.165, 1.54) is 0 Å². The molecule has 0 radical (unpaired) electrons. The smallest absolute Gasteiger partial charge is 0.306 e. The average Bonchev–Trinajstić information content (AvgIpc) is 2.85. The third-order valence-electron chi connectivity index (χ3n) is 4.81. The van der Waals surface area contributed by atoms with Crippen LogP contribution in [0.1, 0.15) is 18.4 Å². The first-order chi connectivity index (χ1) is 16.8. The van der Waals surface area contributed by atoms with E-state index in [0.717, 1.165) is 5.56 Å². The molecule has 0 saturated carbocycles. The molecule has 3 rings (SSSR count). The second-order valence-electron chi connectivity index (χ2n) is 7.50. The van der Waals surface area contributed by atoms with Crippen LogP contribution in [-0.2, 0) is 19.1 Å². The molecule has 0 heterocycles. The van der Waals surface area contributed by atoms with Crippen molar-refractivity contribution in [1.29, 1.82) is 0 Å². The molecule has 9 heteroatoms. The fraction of sp³-hybridized carbons (Fsp3) is 0.192. The number of carbonyl (C=O) groups excluding carboxylic acids is 3.